The number of benzene rings is 1. The summed E-state index contributed by atoms with van der Waals surface area (Å²) in [7, 11) is 1.93. The first kappa shape index (κ1) is 16.4. The smallest absolute Gasteiger partial charge is 0.275 e. The van der Waals surface area contributed by atoms with Gasteiger partial charge in [0.1, 0.15) is 22.2 Å². The summed E-state index contributed by atoms with van der Waals surface area (Å²) in [4.78, 5) is 21.3. The number of thiazole rings is 1. The van der Waals surface area contributed by atoms with Crippen LogP contribution in [0.2, 0.25) is 0 Å². The molecular formula is C19H15FN4OS. The topological polar surface area (TPSA) is 59.8 Å². The van der Waals surface area contributed by atoms with Gasteiger partial charge < -0.3 is 9.88 Å². The summed E-state index contributed by atoms with van der Waals surface area (Å²) >= 11 is 1.40. The molecule has 3 heterocycles. The van der Waals surface area contributed by atoms with Crippen molar-refractivity contribution >= 4 is 34.0 Å². The van der Waals surface area contributed by atoms with Crippen LogP contribution in [0.1, 0.15) is 16.1 Å². The lowest BCUT2D eigenvalue weighted by Crippen LogP contribution is -2.12. The predicted molar refractivity (Wildman–Crippen MR) is 101 cm³/mol. The highest BCUT2D eigenvalue weighted by molar-refractivity contribution is 7.13. The molecule has 1 amide bonds. The number of aryl methyl sites for hydroxylation is 2. The maximum Gasteiger partial charge on any atom is 0.275 e. The van der Waals surface area contributed by atoms with E-state index >= 15 is 0 Å². The van der Waals surface area contributed by atoms with Crippen LogP contribution in [-0.2, 0) is 7.05 Å². The third-order valence-electron chi connectivity index (χ3n) is 4.12. The first-order valence-electron chi connectivity index (χ1n) is 7.96. The highest BCUT2D eigenvalue weighted by Crippen LogP contribution is 2.31. The van der Waals surface area contributed by atoms with E-state index in [1.165, 1.54) is 23.5 Å². The lowest BCUT2D eigenvalue weighted by Gasteiger charge is -2.04. The molecule has 0 aliphatic heterocycles. The molecule has 0 atom stereocenters. The van der Waals surface area contributed by atoms with Crippen molar-refractivity contribution in [2.45, 2.75) is 6.92 Å². The minimum absolute atomic E-state index is 0.302. The Balaban J connectivity index is 1.63. The fraction of sp³-hybridized carbons (Fsp3) is 0.105. The Morgan fingerprint density at radius 1 is 1.31 bits per heavy atom. The van der Waals surface area contributed by atoms with Crippen LogP contribution in [-0.4, -0.2) is 20.4 Å². The molecule has 4 rings (SSSR count). The van der Waals surface area contributed by atoms with Crippen molar-refractivity contribution in [1.82, 2.24) is 14.5 Å². The van der Waals surface area contributed by atoms with E-state index in [0.717, 1.165) is 21.6 Å². The summed E-state index contributed by atoms with van der Waals surface area (Å²) in [6.07, 6.45) is 3.71. The lowest BCUT2D eigenvalue weighted by atomic mass is 10.2. The van der Waals surface area contributed by atoms with E-state index in [0.29, 0.717) is 16.9 Å². The van der Waals surface area contributed by atoms with Crippen molar-refractivity contribution in [3.05, 3.63) is 65.2 Å². The third-order valence-corrected chi connectivity index (χ3v) is 4.99. The van der Waals surface area contributed by atoms with Crippen LogP contribution in [0, 0.1) is 12.7 Å². The van der Waals surface area contributed by atoms with Crippen molar-refractivity contribution in [1.29, 1.82) is 0 Å². The fourth-order valence-corrected chi connectivity index (χ4v) is 3.63. The molecule has 26 heavy (non-hydrogen) atoms. The van der Waals surface area contributed by atoms with Crippen LogP contribution in [0.4, 0.5) is 10.1 Å². The van der Waals surface area contributed by atoms with Gasteiger partial charge in [-0.2, -0.15) is 0 Å². The second kappa shape index (κ2) is 6.34. The molecule has 0 saturated heterocycles. The van der Waals surface area contributed by atoms with Gasteiger partial charge in [-0.15, -0.1) is 11.3 Å². The number of carbonyl (C=O) groups is 1. The number of hydrogen-bond donors (Lipinski definition) is 1. The van der Waals surface area contributed by atoms with Crippen molar-refractivity contribution in [2.24, 2.45) is 7.05 Å². The molecule has 130 valence electrons. The number of aromatic nitrogens is 3. The molecule has 0 bridgehead atoms. The number of nitrogens with one attached hydrogen (secondary N) is 1. The van der Waals surface area contributed by atoms with Crippen LogP contribution >= 0.6 is 11.3 Å². The number of anilines is 1. The van der Waals surface area contributed by atoms with E-state index < -0.39 is 0 Å². The normalized spacial score (nSPS) is 11.0. The first-order chi connectivity index (χ1) is 12.5. The minimum atomic E-state index is -0.322. The lowest BCUT2D eigenvalue weighted by molar-refractivity contribution is 0.102. The number of rotatable bonds is 3. The molecule has 3 aromatic heterocycles. The number of pyridine rings is 1. The fourth-order valence-electron chi connectivity index (χ4n) is 2.80. The highest BCUT2D eigenvalue weighted by atomic mass is 32.1. The molecule has 7 heteroatoms. The molecule has 4 aromatic rings. The number of fused-ring (bicyclic) bond motifs is 1. The summed E-state index contributed by atoms with van der Waals surface area (Å²) in [5.74, 6) is -0.625. The van der Waals surface area contributed by atoms with Crippen LogP contribution in [0.3, 0.4) is 0 Å². The van der Waals surface area contributed by atoms with E-state index in [-0.39, 0.29) is 11.7 Å². The summed E-state index contributed by atoms with van der Waals surface area (Å²) in [5.41, 5.74) is 3.15. The molecule has 0 radical (unpaired) electrons. The molecular weight excluding hydrogens is 351 g/mol. The van der Waals surface area contributed by atoms with Crippen LogP contribution < -0.4 is 5.32 Å². The van der Waals surface area contributed by atoms with E-state index in [9.17, 15) is 9.18 Å². The van der Waals surface area contributed by atoms with E-state index in [4.69, 9.17) is 0 Å². The van der Waals surface area contributed by atoms with Gasteiger partial charge in [-0.1, -0.05) is 0 Å². The van der Waals surface area contributed by atoms with Gasteiger partial charge in [0.25, 0.3) is 5.91 Å². The number of carbonyl (C=O) groups excluding carboxylic acids is 1. The number of nitrogens with zero attached hydrogens (tertiary/aromatic N) is 3. The summed E-state index contributed by atoms with van der Waals surface area (Å²) in [6, 6.07) is 8.32. The average Bonchev–Trinajstić information content (AvgIpc) is 3.24. The Labute approximate surface area is 153 Å². The maximum absolute atomic E-state index is 13.3. The Morgan fingerprint density at radius 3 is 2.96 bits per heavy atom. The van der Waals surface area contributed by atoms with E-state index in [1.54, 1.807) is 24.6 Å². The summed E-state index contributed by atoms with van der Waals surface area (Å²) in [6.45, 7) is 1.65. The zero-order valence-corrected chi connectivity index (χ0v) is 15.0. The van der Waals surface area contributed by atoms with Crippen LogP contribution in [0.25, 0.3) is 21.6 Å². The second-order valence-electron chi connectivity index (χ2n) is 5.98. The largest absolute Gasteiger partial charge is 0.335 e. The van der Waals surface area contributed by atoms with Crippen molar-refractivity contribution in [3.63, 3.8) is 0 Å². The monoisotopic (exact) mass is 366 g/mol. The highest BCUT2D eigenvalue weighted by Gasteiger charge is 2.16. The number of amides is 1. The molecule has 5 nitrogen and oxygen atoms in total. The van der Waals surface area contributed by atoms with Gasteiger partial charge in [0.05, 0.1) is 0 Å². The predicted octanol–water partition coefficient (Wildman–Crippen LogP) is 4.40. The number of hydrogen-bond acceptors (Lipinski definition) is 4. The Bertz CT molecular complexity index is 1130. The average molecular weight is 366 g/mol. The van der Waals surface area contributed by atoms with Crippen molar-refractivity contribution in [3.8, 4) is 10.6 Å². The first-order valence-corrected chi connectivity index (χ1v) is 8.84. The molecule has 0 aliphatic rings. The standard InChI is InChI=1S/C19H15FN4OS/c1-11-8-12(5-6-15(11)20)22-18(25)16-10-26-19(23-16)14-9-24(2)17-13(14)4-3-7-21-17/h3-10H,1-2H3,(H,22,25). The van der Waals surface area contributed by atoms with Crippen molar-refractivity contribution in [2.75, 3.05) is 5.32 Å². The van der Waals surface area contributed by atoms with Crippen LogP contribution in [0.15, 0.2) is 48.1 Å². The molecule has 0 aliphatic carbocycles. The van der Waals surface area contributed by atoms with Gasteiger partial charge in [-0.3, -0.25) is 4.79 Å². The quantitative estimate of drug-likeness (QED) is 0.585. The molecule has 0 unspecified atom stereocenters. The van der Waals surface area contributed by atoms with Crippen LogP contribution in [0.5, 0.6) is 0 Å². The molecule has 0 fully saturated rings. The molecule has 1 aromatic carbocycles. The maximum atomic E-state index is 13.3. The Kier molecular flexibility index (Phi) is 4.00. The minimum Gasteiger partial charge on any atom is -0.335 e. The number of halogens is 1. The van der Waals surface area contributed by atoms with E-state index in [2.05, 4.69) is 15.3 Å². The van der Waals surface area contributed by atoms with Crippen molar-refractivity contribution < 1.29 is 9.18 Å². The van der Waals surface area contributed by atoms with Gasteiger partial charge in [0, 0.05) is 41.5 Å². The SMILES string of the molecule is Cc1cc(NC(=O)c2csc(-c3cn(C)c4ncccc34)n2)ccc1F. The molecule has 0 spiro atoms. The Hall–Kier alpha value is -3.06. The van der Waals surface area contributed by atoms with Gasteiger partial charge in [0.2, 0.25) is 0 Å². The van der Waals surface area contributed by atoms with Gasteiger partial charge in [0.15, 0.2) is 0 Å². The summed E-state index contributed by atoms with van der Waals surface area (Å²) < 4.78 is 15.3. The van der Waals surface area contributed by atoms with Gasteiger partial charge in [-0.05, 0) is 42.8 Å². The second-order valence-corrected chi connectivity index (χ2v) is 6.84. The summed E-state index contributed by atoms with van der Waals surface area (Å²) in [5, 5.41) is 6.22. The Morgan fingerprint density at radius 2 is 2.15 bits per heavy atom. The molecule has 0 saturated carbocycles. The van der Waals surface area contributed by atoms with Gasteiger partial charge >= 0.3 is 0 Å². The third kappa shape index (κ3) is 2.86. The van der Waals surface area contributed by atoms with E-state index in [1.807, 2.05) is 29.9 Å². The molecule has 1 N–H and O–H groups in total. The van der Waals surface area contributed by atoms with Gasteiger partial charge in [-0.25, -0.2) is 14.4 Å². The zero-order chi connectivity index (χ0) is 18.3. The zero-order valence-electron chi connectivity index (χ0n) is 14.2.